The van der Waals surface area contributed by atoms with Crippen LogP contribution in [0.1, 0.15) is 6.42 Å². The van der Waals surface area contributed by atoms with Gasteiger partial charge in [0.05, 0.1) is 0 Å². The summed E-state index contributed by atoms with van der Waals surface area (Å²) in [7, 11) is 4.90. The van der Waals surface area contributed by atoms with Crippen molar-refractivity contribution in [3.05, 3.63) is 0 Å². The Hall–Kier alpha value is -0.120. The van der Waals surface area contributed by atoms with E-state index in [1.165, 1.54) is 6.38 Å². The predicted octanol–water partition coefficient (Wildman–Crippen LogP) is 0.601. The second-order valence-electron chi connectivity index (χ2n) is 1.76. The van der Waals surface area contributed by atoms with Crippen LogP contribution in [0.3, 0.4) is 0 Å². The number of hydrogen-bond donors (Lipinski definition) is 1. The Labute approximate surface area is 74.0 Å². The van der Waals surface area contributed by atoms with Crippen molar-refractivity contribution in [2.24, 2.45) is 0 Å². The van der Waals surface area contributed by atoms with Gasteiger partial charge in [0.15, 0.2) is 0 Å². The van der Waals surface area contributed by atoms with Crippen molar-refractivity contribution in [1.82, 2.24) is 4.90 Å². The third-order valence-corrected chi connectivity index (χ3v) is 0.694. The molecule has 0 bridgehead atoms. The van der Waals surface area contributed by atoms with E-state index in [4.69, 9.17) is 5.11 Å². The lowest BCUT2D eigenvalue weighted by molar-refractivity contribution is -0.108. The van der Waals surface area contributed by atoms with Gasteiger partial charge in [0, 0.05) is 26.5 Å². The van der Waals surface area contributed by atoms with E-state index in [-0.39, 0.29) is 0 Å². The van der Waals surface area contributed by atoms with Gasteiger partial charge in [-0.25, -0.2) is 0 Å². The first-order valence-corrected chi connectivity index (χ1v) is 3.94. The fraction of sp³-hybridized carbons (Fsp3) is 0.857. The molecule has 0 aliphatic rings. The molecule has 70 valence electrons. The van der Waals surface area contributed by atoms with E-state index < -0.39 is 0 Å². The minimum Gasteiger partial charge on any atom is -0.400 e. The first-order chi connectivity index (χ1) is 5.27. The van der Waals surface area contributed by atoms with Gasteiger partial charge in [0.2, 0.25) is 0 Å². The number of rotatable bonds is 3. The molecular formula is C7H18ClNO2. The third-order valence-electron chi connectivity index (χ3n) is 0.694. The Morgan fingerprint density at radius 1 is 1.36 bits per heavy atom. The van der Waals surface area contributed by atoms with Crippen molar-refractivity contribution < 1.29 is 9.90 Å². The van der Waals surface area contributed by atoms with E-state index in [9.17, 15) is 4.79 Å². The maximum Gasteiger partial charge on any atom is 0.121 e. The van der Waals surface area contributed by atoms with Crippen molar-refractivity contribution in [2.75, 3.05) is 34.1 Å². The Balaban J connectivity index is -0.000000138. The van der Waals surface area contributed by atoms with E-state index in [0.717, 1.165) is 19.9 Å². The lowest BCUT2D eigenvalue weighted by atomic mass is 10.4. The van der Waals surface area contributed by atoms with Crippen LogP contribution < -0.4 is 0 Å². The van der Waals surface area contributed by atoms with Crippen LogP contribution in [0.5, 0.6) is 0 Å². The van der Waals surface area contributed by atoms with E-state index in [1.807, 2.05) is 19.0 Å². The molecule has 0 saturated heterocycles. The van der Waals surface area contributed by atoms with E-state index in [1.54, 1.807) is 0 Å². The molecule has 11 heavy (non-hydrogen) atoms. The van der Waals surface area contributed by atoms with Crippen molar-refractivity contribution in [2.45, 2.75) is 6.42 Å². The summed E-state index contributed by atoms with van der Waals surface area (Å²) < 4.78 is 0. The fourth-order valence-electron chi connectivity index (χ4n) is 0.311. The van der Waals surface area contributed by atoms with Gasteiger partial charge in [-0.3, -0.25) is 0 Å². The van der Waals surface area contributed by atoms with Crippen LogP contribution in [0.25, 0.3) is 0 Å². The molecule has 0 aromatic heterocycles. The van der Waals surface area contributed by atoms with Gasteiger partial charge in [0.25, 0.3) is 0 Å². The maximum absolute atomic E-state index is 9.68. The molecule has 0 radical (unpaired) electrons. The monoisotopic (exact) mass is 183 g/mol. The van der Waals surface area contributed by atoms with Crippen LogP contribution in [0, 0.1) is 0 Å². The zero-order chi connectivity index (χ0) is 9.70. The Kier molecular flexibility index (Phi) is 35.0. The van der Waals surface area contributed by atoms with E-state index >= 15 is 0 Å². The highest BCUT2D eigenvalue weighted by atomic mass is 35.5. The molecule has 0 amide bonds. The SMILES string of the molecule is CCl.CN(C)CCC=O.CO. The summed E-state index contributed by atoms with van der Waals surface area (Å²) in [6.45, 7) is 0.865. The largest absolute Gasteiger partial charge is 0.400 e. The van der Waals surface area contributed by atoms with Gasteiger partial charge < -0.3 is 14.8 Å². The molecule has 0 aromatic rings. The summed E-state index contributed by atoms with van der Waals surface area (Å²) in [6, 6.07) is 0. The average molecular weight is 184 g/mol. The summed E-state index contributed by atoms with van der Waals surface area (Å²) >= 11 is 4.64. The van der Waals surface area contributed by atoms with Gasteiger partial charge >= 0.3 is 0 Å². The number of carbonyl (C=O) groups excluding carboxylic acids is 1. The zero-order valence-corrected chi connectivity index (χ0v) is 8.43. The second kappa shape index (κ2) is 22.5. The lowest BCUT2D eigenvalue weighted by Crippen LogP contribution is -2.12. The molecule has 0 unspecified atom stereocenters. The molecule has 0 heterocycles. The molecule has 0 fully saturated rings. The first-order valence-electron chi connectivity index (χ1n) is 3.18. The van der Waals surface area contributed by atoms with Crippen molar-refractivity contribution in [3.8, 4) is 0 Å². The van der Waals surface area contributed by atoms with Crippen LogP contribution >= 0.6 is 11.6 Å². The van der Waals surface area contributed by atoms with Crippen LogP contribution in [-0.2, 0) is 4.79 Å². The van der Waals surface area contributed by atoms with E-state index in [2.05, 4.69) is 11.6 Å². The molecule has 0 aliphatic heterocycles. The summed E-state index contributed by atoms with van der Waals surface area (Å²) in [5.74, 6) is 0. The standard InChI is InChI=1S/C5H11NO.CH3Cl.CH4O/c1-6(2)4-3-5-7;2*1-2/h5H,3-4H2,1-2H3;1H3;2H,1H3. The number of carbonyl (C=O) groups is 1. The number of halogens is 1. The lowest BCUT2D eigenvalue weighted by Gasteiger charge is -2.03. The van der Waals surface area contributed by atoms with Crippen molar-refractivity contribution in [3.63, 3.8) is 0 Å². The molecule has 1 N–H and O–H groups in total. The van der Waals surface area contributed by atoms with Gasteiger partial charge in [-0.15, -0.1) is 11.6 Å². The number of alkyl halides is 1. The average Bonchev–Trinajstić information content (AvgIpc) is 2.08. The molecule has 0 saturated carbocycles. The van der Waals surface area contributed by atoms with Gasteiger partial charge in [-0.2, -0.15) is 0 Å². The van der Waals surface area contributed by atoms with Gasteiger partial charge in [0.1, 0.15) is 6.29 Å². The van der Waals surface area contributed by atoms with Crippen molar-refractivity contribution >= 4 is 17.9 Å². The zero-order valence-electron chi connectivity index (χ0n) is 7.67. The Morgan fingerprint density at radius 3 is 1.82 bits per heavy atom. The Morgan fingerprint density at radius 2 is 1.73 bits per heavy atom. The molecule has 0 aliphatic carbocycles. The van der Waals surface area contributed by atoms with Gasteiger partial charge in [-0.05, 0) is 14.1 Å². The summed E-state index contributed by atoms with van der Waals surface area (Å²) in [5, 5.41) is 7.00. The number of hydrogen-bond acceptors (Lipinski definition) is 3. The molecular weight excluding hydrogens is 166 g/mol. The normalized spacial score (nSPS) is 7.18. The smallest absolute Gasteiger partial charge is 0.121 e. The number of aliphatic hydroxyl groups is 1. The first kappa shape index (κ1) is 17.1. The van der Waals surface area contributed by atoms with Crippen LogP contribution in [0.2, 0.25) is 0 Å². The number of aldehydes is 1. The molecule has 0 aromatic carbocycles. The molecule has 0 spiro atoms. The second-order valence-corrected chi connectivity index (χ2v) is 1.76. The highest BCUT2D eigenvalue weighted by molar-refractivity contribution is 6.15. The molecule has 0 atom stereocenters. The highest BCUT2D eigenvalue weighted by Gasteiger charge is 1.83. The fourth-order valence-corrected chi connectivity index (χ4v) is 0.311. The summed E-state index contributed by atoms with van der Waals surface area (Å²) in [5.41, 5.74) is 0. The van der Waals surface area contributed by atoms with E-state index in [0.29, 0.717) is 6.42 Å². The molecule has 3 nitrogen and oxygen atoms in total. The number of nitrogens with zero attached hydrogens (tertiary/aromatic N) is 1. The van der Waals surface area contributed by atoms with Crippen LogP contribution in [-0.4, -0.2) is 50.4 Å². The molecule has 0 rings (SSSR count). The quantitative estimate of drug-likeness (QED) is 0.515. The van der Waals surface area contributed by atoms with Gasteiger partial charge in [-0.1, -0.05) is 0 Å². The minimum absolute atomic E-state index is 0.646. The topological polar surface area (TPSA) is 40.5 Å². The predicted molar refractivity (Wildman–Crippen MR) is 49.2 cm³/mol. The maximum atomic E-state index is 9.68. The Bertz CT molecular complexity index is 60.4. The third kappa shape index (κ3) is 40.8. The number of aliphatic hydroxyl groups excluding tert-OH is 1. The van der Waals surface area contributed by atoms with Crippen molar-refractivity contribution in [1.29, 1.82) is 0 Å². The summed E-state index contributed by atoms with van der Waals surface area (Å²) in [4.78, 5) is 11.7. The minimum atomic E-state index is 0.646. The van der Waals surface area contributed by atoms with Crippen LogP contribution in [0.15, 0.2) is 0 Å². The van der Waals surface area contributed by atoms with Crippen LogP contribution in [0.4, 0.5) is 0 Å². The molecule has 4 heteroatoms. The highest BCUT2D eigenvalue weighted by Crippen LogP contribution is 1.74. The summed E-state index contributed by atoms with van der Waals surface area (Å²) in [6.07, 6.45) is 3.05.